The fraction of sp³-hybridized carbons (Fsp3) is 0.462. The van der Waals surface area contributed by atoms with Crippen LogP contribution in [0.25, 0.3) is 0 Å². The molecule has 0 bridgehead atoms. The zero-order valence-electron chi connectivity index (χ0n) is 19.9. The lowest BCUT2D eigenvalue weighted by molar-refractivity contribution is -0.136. The number of benzene rings is 2. The molecule has 8 heteroatoms. The van der Waals surface area contributed by atoms with Crippen molar-refractivity contribution in [2.45, 2.75) is 25.2 Å². The molecular weight excluding hydrogens is 439 g/mol. The summed E-state index contributed by atoms with van der Waals surface area (Å²) >= 11 is 0. The van der Waals surface area contributed by atoms with Gasteiger partial charge in [-0.05, 0) is 61.2 Å². The molecule has 34 heavy (non-hydrogen) atoms. The summed E-state index contributed by atoms with van der Waals surface area (Å²) in [7, 11) is 4.65. The van der Waals surface area contributed by atoms with Crippen LogP contribution < -0.4 is 14.2 Å². The molecule has 2 aliphatic rings. The molecule has 2 heterocycles. The molecule has 0 spiro atoms. The van der Waals surface area contributed by atoms with Crippen LogP contribution in [0, 0.1) is 11.7 Å². The van der Waals surface area contributed by atoms with E-state index in [2.05, 4.69) is 0 Å². The number of hydrogen-bond acceptors (Lipinski definition) is 5. The predicted octanol–water partition coefficient (Wildman–Crippen LogP) is 3.72. The zero-order chi connectivity index (χ0) is 24.2. The first-order valence-corrected chi connectivity index (χ1v) is 11.6. The number of nitrogens with zero attached hydrogens (tertiary/aromatic N) is 2. The molecule has 182 valence electrons. The lowest BCUT2D eigenvalue weighted by Gasteiger charge is -2.31. The van der Waals surface area contributed by atoms with Crippen molar-refractivity contribution in [2.24, 2.45) is 5.92 Å². The van der Waals surface area contributed by atoms with Gasteiger partial charge >= 0.3 is 0 Å². The second kappa shape index (κ2) is 10.3. The van der Waals surface area contributed by atoms with E-state index in [0.29, 0.717) is 35.9 Å². The first kappa shape index (κ1) is 23.9. The number of methoxy groups -OCH3 is 3. The van der Waals surface area contributed by atoms with Crippen molar-refractivity contribution in [1.82, 2.24) is 9.80 Å². The van der Waals surface area contributed by atoms with Crippen LogP contribution in [-0.2, 0) is 4.79 Å². The van der Waals surface area contributed by atoms with Crippen molar-refractivity contribution in [3.8, 4) is 17.2 Å². The monoisotopic (exact) mass is 470 g/mol. The Hall–Kier alpha value is -3.29. The van der Waals surface area contributed by atoms with Gasteiger partial charge in [0.1, 0.15) is 5.82 Å². The molecule has 4 rings (SSSR count). The minimum Gasteiger partial charge on any atom is -0.493 e. The summed E-state index contributed by atoms with van der Waals surface area (Å²) in [5.74, 6) is 0.294. The van der Waals surface area contributed by atoms with E-state index in [1.165, 1.54) is 24.3 Å². The largest absolute Gasteiger partial charge is 0.493 e. The van der Waals surface area contributed by atoms with E-state index in [0.717, 1.165) is 37.9 Å². The molecule has 0 unspecified atom stereocenters. The van der Waals surface area contributed by atoms with Crippen LogP contribution in [0.5, 0.6) is 17.2 Å². The van der Waals surface area contributed by atoms with Gasteiger partial charge in [-0.1, -0.05) is 0 Å². The molecule has 2 saturated heterocycles. The Morgan fingerprint density at radius 1 is 0.853 bits per heavy atom. The highest BCUT2D eigenvalue weighted by Gasteiger charge is 2.43. The molecule has 2 amide bonds. The van der Waals surface area contributed by atoms with E-state index in [4.69, 9.17) is 14.2 Å². The highest BCUT2D eigenvalue weighted by molar-refractivity contribution is 5.95. The number of carbonyl (C=O) groups is 2. The van der Waals surface area contributed by atoms with Gasteiger partial charge in [-0.15, -0.1) is 0 Å². The summed E-state index contributed by atoms with van der Waals surface area (Å²) < 4.78 is 29.9. The Morgan fingerprint density at radius 3 is 2.03 bits per heavy atom. The highest BCUT2D eigenvalue weighted by atomic mass is 19.1. The minimum absolute atomic E-state index is 0.0628. The number of likely N-dealkylation sites (tertiary alicyclic amines) is 2. The molecular formula is C26H31FN2O5. The quantitative estimate of drug-likeness (QED) is 0.644. The summed E-state index contributed by atoms with van der Waals surface area (Å²) in [4.78, 5) is 30.5. The molecule has 0 radical (unpaired) electrons. The molecule has 0 aromatic heterocycles. The summed E-state index contributed by atoms with van der Waals surface area (Å²) in [5.41, 5.74) is 1.25. The van der Waals surface area contributed by atoms with Gasteiger partial charge < -0.3 is 24.0 Å². The summed E-state index contributed by atoms with van der Waals surface area (Å²) in [6.07, 6.45) is 3.11. The number of carbonyl (C=O) groups excluding carboxylic acids is 2. The first-order chi connectivity index (χ1) is 16.5. The molecule has 2 aromatic carbocycles. The second-order valence-corrected chi connectivity index (χ2v) is 8.77. The smallest absolute Gasteiger partial charge is 0.253 e. The Bertz CT molecular complexity index is 1010. The van der Waals surface area contributed by atoms with E-state index >= 15 is 0 Å². The van der Waals surface area contributed by atoms with Crippen LogP contribution >= 0.6 is 0 Å². The van der Waals surface area contributed by atoms with Gasteiger partial charge in [-0.2, -0.15) is 0 Å². The molecule has 2 aromatic rings. The third-order valence-corrected chi connectivity index (χ3v) is 6.80. The topological polar surface area (TPSA) is 68.3 Å². The van der Waals surface area contributed by atoms with E-state index in [9.17, 15) is 14.0 Å². The molecule has 7 nitrogen and oxygen atoms in total. The predicted molar refractivity (Wildman–Crippen MR) is 125 cm³/mol. The zero-order valence-corrected chi connectivity index (χ0v) is 19.9. The van der Waals surface area contributed by atoms with Gasteiger partial charge in [-0.3, -0.25) is 9.59 Å². The van der Waals surface area contributed by atoms with E-state index in [1.54, 1.807) is 26.2 Å². The van der Waals surface area contributed by atoms with E-state index < -0.39 is 11.7 Å². The standard InChI is InChI=1S/C26H31FN2O5/c1-32-22-13-18(14-23(33-2)24(22)34-3)20-15-29(25(30)17-7-9-19(27)10-8-17)16-21(20)26(31)28-11-5-4-6-12-28/h7-10,13-14,20-21H,4-6,11-12,15-16H2,1-3H3/t20-,21-/m0/s1. The number of piperidine rings is 1. The third kappa shape index (κ3) is 4.67. The van der Waals surface area contributed by atoms with Crippen molar-refractivity contribution in [3.05, 3.63) is 53.3 Å². The van der Waals surface area contributed by atoms with Gasteiger partial charge in [0.15, 0.2) is 11.5 Å². The van der Waals surface area contributed by atoms with Crippen LogP contribution in [-0.4, -0.2) is 69.1 Å². The number of hydrogen-bond donors (Lipinski definition) is 0. The van der Waals surface area contributed by atoms with E-state index in [-0.39, 0.29) is 17.7 Å². The molecule has 2 atom stereocenters. The summed E-state index contributed by atoms with van der Waals surface area (Å²) in [6.45, 7) is 2.14. The number of halogens is 1. The van der Waals surface area contributed by atoms with Crippen molar-refractivity contribution in [2.75, 3.05) is 47.5 Å². The molecule has 2 aliphatic heterocycles. The van der Waals surface area contributed by atoms with E-state index in [1.807, 2.05) is 17.0 Å². The lowest BCUT2D eigenvalue weighted by atomic mass is 9.87. The van der Waals surface area contributed by atoms with Gasteiger partial charge in [0, 0.05) is 37.7 Å². The SMILES string of the molecule is COc1cc([C@@H]2CN(C(=O)c3ccc(F)cc3)C[C@@H]2C(=O)N2CCCCC2)cc(OC)c1OC. The fourth-order valence-electron chi connectivity index (χ4n) is 5.00. The fourth-order valence-corrected chi connectivity index (χ4v) is 5.00. The third-order valence-electron chi connectivity index (χ3n) is 6.80. The van der Waals surface area contributed by atoms with Gasteiger partial charge in [0.2, 0.25) is 11.7 Å². The molecule has 0 N–H and O–H groups in total. The molecule has 0 saturated carbocycles. The van der Waals surface area contributed by atoms with Crippen LogP contribution in [0.1, 0.15) is 41.1 Å². The van der Waals surface area contributed by atoms with Gasteiger partial charge in [0.05, 0.1) is 27.2 Å². The highest BCUT2D eigenvalue weighted by Crippen LogP contribution is 2.44. The number of ether oxygens (including phenoxy) is 3. The Kier molecular flexibility index (Phi) is 7.24. The average Bonchev–Trinajstić information content (AvgIpc) is 3.33. The Labute approximate surface area is 199 Å². The maximum absolute atomic E-state index is 13.6. The van der Waals surface area contributed by atoms with Gasteiger partial charge in [-0.25, -0.2) is 4.39 Å². The normalized spacial score (nSPS) is 20.2. The van der Waals surface area contributed by atoms with Crippen molar-refractivity contribution in [1.29, 1.82) is 0 Å². The molecule has 2 fully saturated rings. The van der Waals surface area contributed by atoms with Crippen molar-refractivity contribution < 1.29 is 28.2 Å². The van der Waals surface area contributed by atoms with Crippen molar-refractivity contribution >= 4 is 11.8 Å². The van der Waals surface area contributed by atoms with Crippen LogP contribution in [0.15, 0.2) is 36.4 Å². The lowest BCUT2D eigenvalue weighted by Crippen LogP contribution is -2.42. The Balaban J connectivity index is 1.69. The first-order valence-electron chi connectivity index (χ1n) is 11.6. The van der Waals surface area contributed by atoms with Gasteiger partial charge in [0.25, 0.3) is 5.91 Å². The van der Waals surface area contributed by atoms with Crippen LogP contribution in [0.2, 0.25) is 0 Å². The second-order valence-electron chi connectivity index (χ2n) is 8.77. The maximum atomic E-state index is 13.6. The summed E-state index contributed by atoms with van der Waals surface area (Å²) in [5, 5.41) is 0. The summed E-state index contributed by atoms with van der Waals surface area (Å²) in [6, 6.07) is 9.22. The number of rotatable bonds is 6. The maximum Gasteiger partial charge on any atom is 0.253 e. The number of amides is 2. The van der Waals surface area contributed by atoms with Crippen LogP contribution in [0.4, 0.5) is 4.39 Å². The average molecular weight is 471 g/mol. The van der Waals surface area contributed by atoms with Crippen molar-refractivity contribution in [3.63, 3.8) is 0 Å². The Morgan fingerprint density at radius 2 is 1.47 bits per heavy atom. The minimum atomic E-state index is -0.398. The van der Waals surface area contributed by atoms with Crippen LogP contribution in [0.3, 0.4) is 0 Å². The molecule has 0 aliphatic carbocycles.